The van der Waals surface area contributed by atoms with E-state index in [1.54, 1.807) is 24.6 Å². The molecule has 0 radical (unpaired) electrons. The molecule has 0 aliphatic carbocycles. The van der Waals surface area contributed by atoms with Crippen LogP contribution in [0, 0.1) is 6.92 Å². The number of aliphatic imine (C=N–C) groups is 1. The molecule has 0 aromatic carbocycles. The van der Waals surface area contributed by atoms with E-state index in [1.807, 2.05) is 36.2 Å². The highest BCUT2D eigenvalue weighted by molar-refractivity contribution is 7.11. The summed E-state index contributed by atoms with van der Waals surface area (Å²) >= 11 is 1.66. The van der Waals surface area contributed by atoms with Gasteiger partial charge in [-0.3, -0.25) is 9.79 Å². The van der Waals surface area contributed by atoms with Crippen LogP contribution < -0.4 is 15.5 Å². The highest BCUT2D eigenvalue weighted by Crippen LogP contribution is 2.13. The summed E-state index contributed by atoms with van der Waals surface area (Å²) in [6, 6.07) is 5.91. The van der Waals surface area contributed by atoms with Crippen molar-refractivity contribution in [3.63, 3.8) is 0 Å². The zero-order chi connectivity index (χ0) is 19.8. The minimum Gasteiger partial charge on any atom is -0.356 e. The van der Waals surface area contributed by atoms with Crippen LogP contribution in [0.3, 0.4) is 0 Å². The number of aromatic nitrogens is 2. The summed E-state index contributed by atoms with van der Waals surface area (Å²) in [6.45, 7) is 6.30. The third kappa shape index (κ3) is 5.66. The highest BCUT2D eigenvalue weighted by atomic mass is 32.1. The minimum atomic E-state index is 0.166. The molecule has 9 heteroatoms. The Labute approximate surface area is 169 Å². The summed E-state index contributed by atoms with van der Waals surface area (Å²) in [5, 5.41) is 7.44. The molecule has 1 saturated heterocycles. The average molecular weight is 402 g/mol. The van der Waals surface area contributed by atoms with Crippen LogP contribution in [0.4, 0.5) is 5.82 Å². The minimum absolute atomic E-state index is 0.166. The molecule has 2 aromatic heterocycles. The van der Waals surface area contributed by atoms with Crippen LogP contribution in [-0.4, -0.2) is 66.5 Å². The molecule has 0 atom stereocenters. The van der Waals surface area contributed by atoms with E-state index in [4.69, 9.17) is 0 Å². The summed E-state index contributed by atoms with van der Waals surface area (Å²) in [6.07, 6.45) is 4.11. The topological polar surface area (TPSA) is 85.8 Å². The lowest BCUT2D eigenvalue weighted by molar-refractivity contribution is -0.131. The maximum Gasteiger partial charge on any atom is 0.224 e. The van der Waals surface area contributed by atoms with Crippen molar-refractivity contribution in [1.82, 2.24) is 25.5 Å². The summed E-state index contributed by atoms with van der Waals surface area (Å²) in [4.78, 5) is 30.7. The van der Waals surface area contributed by atoms with Gasteiger partial charge in [-0.15, -0.1) is 11.3 Å². The van der Waals surface area contributed by atoms with E-state index in [0.717, 1.165) is 37.0 Å². The smallest absolute Gasteiger partial charge is 0.224 e. The first-order valence-electron chi connectivity index (χ1n) is 9.45. The molecule has 0 unspecified atom stereocenters. The molecular formula is C19H27N7OS. The summed E-state index contributed by atoms with van der Waals surface area (Å²) < 4.78 is 0. The van der Waals surface area contributed by atoms with E-state index >= 15 is 0 Å². The number of hydrogen-bond acceptors (Lipinski definition) is 6. The summed E-state index contributed by atoms with van der Waals surface area (Å²) in [5.74, 6) is 1.82. The maximum absolute atomic E-state index is 12.5. The molecule has 1 amide bonds. The van der Waals surface area contributed by atoms with Crippen LogP contribution >= 0.6 is 11.3 Å². The maximum atomic E-state index is 12.5. The molecule has 0 saturated carbocycles. The van der Waals surface area contributed by atoms with Gasteiger partial charge >= 0.3 is 0 Å². The van der Waals surface area contributed by atoms with Gasteiger partial charge in [0.2, 0.25) is 5.91 Å². The van der Waals surface area contributed by atoms with Crippen LogP contribution in [0.15, 0.2) is 35.6 Å². The second kappa shape index (κ2) is 10.0. The third-order valence-electron chi connectivity index (χ3n) is 4.54. The van der Waals surface area contributed by atoms with Gasteiger partial charge in [0.15, 0.2) is 5.96 Å². The lowest BCUT2D eigenvalue weighted by atomic mass is 10.2. The Morgan fingerprint density at radius 1 is 1.21 bits per heavy atom. The number of hydrogen-bond donors (Lipinski definition) is 2. The Hall–Kier alpha value is -2.68. The number of carbonyl (C=O) groups is 1. The molecule has 0 bridgehead atoms. The Morgan fingerprint density at radius 3 is 2.68 bits per heavy atom. The van der Waals surface area contributed by atoms with Gasteiger partial charge in [0.05, 0.1) is 6.54 Å². The van der Waals surface area contributed by atoms with Crippen molar-refractivity contribution in [2.24, 2.45) is 4.99 Å². The number of pyridine rings is 1. The molecule has 0 spiro atoms. The zero-order valence-electron chi connectivity index (χ0n) is 16.4. The van der Waals surface area contributed by atoms with Crippen molar-refractivity contribution in [3.8, 4) is 0 Å². The van der Waals surface area contributed by atoms with E-state index in [0.29, 0.717) is 25.5 Å². The number of piperazine rings is 1. The van der Waals surface area contributed by atoms with Gasteiger partial charge in [0.1, 0.15) is 10.8 Å². The first-order chi connectivity index (χ1) is 13.7. The quantitative estimate of drug-likeness (QED) is 0.560. The fourth-order valence-corrected chi connectivity index (χ4v) is 3.76. The number of carbonyl (C=O) groups excluding carboxylic acids is 1. The van der Waals surface area contributed by atoms with Crippen molar-refractivity contribution in [1.29, 1.82) is 0 Å². The van der Waals surface area contributed by atoms with Crippen LogP contribution in [-0.2, 0) is 11.3 Å². The Morgan fingerprint density at radius 2 is 2.04 bits per heavy atom. The normalized spacial score (nSPS) is 14.9. The lowest BCUT2D eigenvalue weighted by Gasteiger charge is -2.35. The van der Waals surface area contributed by atoms with Gasteiger partial charge in [-0.25, -0.2) is 9.97 Å². The van der Waals surface area contributed by atoms with Gasteiger partial charge in [-0.1, -0.05) is 6.07 Å². The van der Waals surface area contributed by atoms with Gasteiger partial charge in [0.25, 0.3) is 0 Å². The number of aryl methyl sites for hydroxylation is 1. The predicted molar refractivity (Wildman–Crippen MR) is 113 cm³/mol. The fraction of sp³-hybridized carbons (Fsp3) is 0.474. The van der Waals surface area contributed by atoms with Gasteiger partial charge in [-0.2, -0.15) is 0 Å². The third-order valence-corrected chi connectivity index (χ3v) is 5.45. The standard InChI is InChI=1S/C19H27N7OS/c1-15-13-23-17(28-15)14-24-19(20-2)22-8-6-18(27)26-11-9-25(10-12-26)16-5-3-4-7-21-16/h3-5,7,13H,6,8-12,14H2,1-2H3,(H2,20,22,24). The number of nitrogens with one attached hydrogen (secondary N) is 2. The van der Waals surface area contributed by atoms with Crippen LogP contribution in [0.1, 0.15) is 16.3 Å². The van der Waals surface area contributed by atoms with Gasteiger partial charge in [0, 0.05) is 63.5 Å². The van der Waals surface area contributed by atoms with Crippen LogP contribution in [0.5, 0.6) is 0 Å². The summed E-state index contributed by atoms with van der Waals surface area (Å²) in [5.41, 5.74) is 0. The monoisotopic (exact) mass is 401 g/mol. The molecule has 150 valence electrons. The molecular weight excluding hydrogens is 374 g/mol. The predicted octanol–water partition coefficient (Wildman–Crippen LogP) is 1.25. The Bertz CT molecular complexity index is 785. The van der Waals surface area contributed by atoms with Crippen molar-refractivity contribution in [2.75, 3.05) is 44.7 Å². The van der Waals surface area contributed by atoms with Crippen molar-refractivity contribution in [3.05, 3.63) is 40.5 Å². The molecule has 3 heterocycles. The average Bonchev–Trinajstić information content (AvgIpc) is 3.16. The molecule has 8 nitrogen and oxygen atoms in total. The number of guanidine groups is 1. The molecule has 1 aliphatic rings. The fourth-order valence-electron chi connectivity index (χ4n) is 3.03. The SMILES string of the molecule is CN=C(NCCC(=O)N1CCN(c2ccccn2)CC1)NCc1ncc(C)s1. The Balaban J connectivity index is 1.36. The first kappa shape index (κ1) is 20.1. The van der Waals surface area contributed by atoms with Crippen molar-refractivity contribution >= 4 is 29.0 Å². The van der Waals surface area contributed by atoms with Crippen molar-refractivity contribution in [2.45, 2.75) is 19.9 Å². The van der Waals surface area contributed by atoms with E-state index in [-0.39, 0.29) is 5.91 Å². The molecule has 28 heavy (non-hydrogen) atoms. The summed E-state index contributed by atoms with van der Waals surface area (Å²) in [7, 11) is 1.72. The second-order valence-corrected chi connectivity index (χ2v) is 7.84. The number of rotatable bonds is 6. The number of anilines is 1. The van der Waals surface area contributed by atoms with Crippen LogP contribution in [0.25, 0.3) is 0 Å². The highest BCUT2D eigenvalue weighted by Gasteiger charge is 2.21. The van der Waals surface area contributed by atoms with E-state index in [1.165, 1.54) is 4.88 Å². The first-order valence-corrected chi connectivity index (χ1v) is 10.3. The van der Waals surface area contributed by atoms with Crippen LogP contribution in [0.2, 0.25) is 0 Å². The molecule has 1 aliphatic heterocycles. The van der Waals surface area contributed by atoms with Crippen molar-refractivity contribution < 1.29 is 4.79 Å². The van der Waals surface area contributed by atoms with Gasteiger partial charge < -0.3 is 20.4 Å². The van der Waals surface area contributed by atoms with E-state index in [9.17, 15) is 4.79 Å². The lowest BCUT2D eigenvalue weighted by Crippen LogP contribution is -2.49. The molecule has 3 rings (SSSR count). The number of amides is 1. The second-order valence-electron chi connectivity index (χ2n) is 6.52. The van der Waals surface area contributed by atoms with E-state index in [2.05, 4.69) is 30.5 Å². The Kier molecular flexibility index (Phi) is 7.18. The molecule has 1 fully saturated rings. The largest absolute Gasteiger partial charge is 0.356 e. The zero-order valence-corrected chi connectivity index (χ0v) is 17.2. The van der Waals surface area contributed by atoms with Gasteiger partial charge in [-0.05, 0) is 19.1 Å². The number of nitrogens with zero attached hydrogens (tertiary/aromatic N) is 5. The number of thiazole rings is 1. The molecule has 2 N–H and O–H groups in total. The van der Waals surface area contributed by atoms with E-state index < -0.39 is 0 Å². The molecule has 2 aromatic rings.